The molecule has 90 valence electrons. The van der Waals surface area contributed by atoms with Gasteiger partial charge in [0.15, 0.2) is 0 Å². The lowest BCUT2D eigenvalue weighted by Gasteiger charge is -2.15. The average molecular weight is 292 g/mol. The van der Waals surface area contributed by atoms with Gasteiger partial charge < -0.3 is 9.67 Å². The van der Waals surface area contributed by atoms with Crippen LogP contribution < -0.4 is 0 Å². The van der Waals surface area contributed by atoms with Gasteiger partial charge in [0.2, 0.25) is 0 Å². The van der Waals surface area contributed by atoms with Crippen molar-refractivity contribution >= 4 is 34.8 Å². The van der Waals surface area contributed by atoms with E-state index in [0.29, 0.717) is 27.2 Å². The van der Waals surface area contributed by atoms with Crippen molar-refractivity contribution in [2.24, 2.45) is 0 Å². The highest BCUT2D eigenvalue weighted by molar-refractivity contribution is 6.39. The number of aliphatic hydroxyl groups excluding tert-OH is 1. The number of aliphatic hydroxyl groups is 1. The summed E-state index contributed by atoms with van der Waals surface area (Å²) >= 11 is 17.8. The topological polar surface area (TPSA) is 38.0 Å². The summed E-state index contributed by atoms with van der Waals surface area (Å²) in [5, 5.41) is 11.2. The highest BCUT2D eigenvalue weighted by Crippen LogP contribution is 2.34. The molecule has 2 rings (SSSR count). The molecule has 0 amide bonds. The van der Waals surface area contributed by atoms with Crippen molar-refractivity contribution in [1.29, 1.82) is 0 Å². The number of nitrogens with zero attached hydrogens (tertiary/aromatic N) is 2. The molecule has 0 saturated heterocycles. The van der Waals surface area contributed by atoms with Crippen LogP contribution in [-0.4, -0.2) is 14.7 Å². The Bertz CT molecular complexity index is 490. The fraction of sp³-hybridized carbons (Fsp3) is 0.182. The van der Waals surface area contributed by atoms with Crippen LogP contribution in [0.4, 0.5) is 0 Å². The van der Waals surface area contributed by atoms with E-state index in [1.807, 2.05) is 0 Å². The summed E-state index contributed by atoms with van der Waals surface area (Å²) in [4.78, 5) is 3.89. The number of hydrogen-bond acceptors (Lipinski definition) is 2. The Labute approximate surface area is 114 Å². The van der Waals surface area contributed by atoms with E-state index < -0.39 is 6.10 Å². The molecule has 1 heterocycles. The summed E-state index contributed by atoms with van der Waals surface area (Å²) in [6, 6.07) is 3.11. The smallest absolute Gasteiger partial charge is 0.0998 e. The van der Waals surface area contributed by atoms with E-state index in [9.17, 15) is 5.11 Å². The second-order valence-corrected chi connectivity index (χ2v) is 4.81. The predicted octanol–water partition coefficient (Wildman–Crippen LogP) is 3.58. The Balaban J connectivity index is 2.27. The molecular formula is C11H9Cl3N2O. The van der Waals surface area contributed by atoms with E-state index in [2.05, 4.69) is 4.98 Å². The van der Waals surface area contributed by atoms with Gasteiger partial charge in [-0.1, -0.05) is 34.8 Å². The first-order valence-electron chi connectivity index (χ1n) is 4.86. The first-order valence-corrected chi connectivity index (χ1v) is 5.99. The molecule has 17 heavy (non-hydrogen) atoms. The Hall–Kier alpha value is -0.740. The fourth-order valence-corrected chi connectivity index (χ4v) is 2.63. The summed E-state index contributed by atoms with van der Waals surface area (Å²) < 4.78 is 1.74. The van der Waals surface area contributed by atoms with Crippen molar-refractivity contribution in [2.45, 2.75) is 12.6 Å². The van der Waals surface area contributed by atoms with Crippen LogP contribution in [0.15, 0.2) is 30.9 Å². The van der Waals surface area contributed by atoms with E-state index in [1.165, 1.54) is 0 Å². The first kappa shape index (κ1) is 12.7. The lowest BCUT2D eigenvalue weighted by molar-refractivity contribution is 0.156. The normalized spacial score (nSPS) is 12.7. The van der Waals surface area contributed by atoms with E-state index in [4.69, 9.17) is 34.8 Å². The van der Waals surface area contributed by atoms with Crippen LogP contribution in [0.5, 0.6) is 0 Å². The van der Waals surface area contributed by atoms with Crippen LogP contribution in [0, 0.1) is 0 Å². The second kappa shape index (κ2) is 5.27. The van der Waals surface area contributed by atoms with Gasteiger partial charge in [0.25, 0.3) is 0 Å². The summed E-state index contributed by atoms with van der Waals surface area (Å²) in [5.41, 5.74) is 0.478. The minimum absolute atomic E-state index is 0.334. The predicted molar refractivity (Wildman–Crippen MR) is 68.7 cm³/mol. The van der Waals surface area contributed by atoms with Crippen molar-refractivity contribution in [3.63, 3.8) is 0 Å². The van der Waals surface area contributed by atoms with E-state index in [1.54, 1.807) is 35.4 Å². The van der Waals surface area contributed by atoms with Crippen LogP contribution in [0.2, 0.25) is 15.1 Å². The zero-order valence-corrected chi connectivity index (χ0v) is 10.9. The molecular weight excluding hydrogens is 282 g/mol. The lowest BCUT2D eigenvalue weighted by Crippen LogP contribution is -2.08. The molecule has 1 aromatic heterocycles. The number of benzene rings is 1. The van der Waals surface area contributed by atoms with Gasteiger partial charge in [-0.25, -0.2) is 4.98 Å². The largest absolute Gasteiger partial charge is 0.386 e. The maximum absolute atomic E-state index is 10.1. The van der Waals surface area contributed by atoms with Gasteiger partial charge in [-0.05, 0) is 12.1 Å². The number of hydrogen-bond donors (Lipinski definition) is 1. The second-order valence-electron chi connectivity index (χ2n) is 3.56. The Morgan fingerprint density at radius 3 is 2.41 bits per heavy atom. The van der Waals surface area contributed by atoms with Crippen molar-refractivity contribution in [2.75, 3.05) is 0 Å². The molecule has 0 aliphatic rings. The summed E-state index contributed by atoms with van der Waals surface area (Å²) in [5.74, 6) is 0. The van der Waals surface area contributed by atoms with Gasteiger partial charge in [-0.15, -0.1) is 0 Å². The quantitative estimate of drug-likeness (QED) is 0.938. The highest BCUT2D eigenvalue weighted by atomic mass is 35.5. The molecule has 2 aromatic rings. The van der Waals surface area contributed by atoms with E-state index in [0.717, 1.165) is 0 Å². The van der Waals surface area contributed by atoms with Crippen LogP contribution in [0.1, 0.15) is 11.7 Å². The zero-order valence-electron chi connectivity index (χ0n) is 8.65. The molecule has 1 aromatic carbocycles. The molecule has 0 radical (unpaired) electrons. The summed E-state index contributed by atoms with van der Waals surface area (Å²) in [7, 11) is 0. The van der Waals surface area contributed by atoms with Crippen molar-refractivity contribution in [1.82, 2.24) is 9.55 Å². The van der Waals surface area contributed by atoms with Crippen LogP contribution in [0.3, 0.4) is 0 Å². The lowest BCUT2D eigenvalue weighted by atomic mass is 10.1. The molecule has 0 aliphatic heterocycles. The fourth-order valence-electron chi connectivity index (χ4n) is 1.56. The van der Waals surface area contributed by atoms with Gasteiger partial charge in [0.05, 0.1) is 19.0 Å². The molecule has 0 saturated carbocycles. The Morgan fingerprint density at radius 1 is 1.24 bits per heavy atom. The van der Waals surface area contributed by atoms with Gasteiger partial charge in [-0.3, -0.25) is 0 Å². The van der Waals surface area contributed by atoms with Crippen LogP contribution >= 0.6 is 34.8 Å². The van der Waals surface area contributed by atoms with E-state index in [-0.39, 0.29) is 0 Å². The molecule has 1 unspecified atom stereocenters. The van der Waals surface area contributed by atoms with Gasteiger partial charge in [0, 0.05) is 33.0 Å². The van der Waals surface area contributed by atoms with Crippen LogP contribution in [-0.2, 0) is 6.54 Å². The third-order valence-electron chi connectivity index (χ3n) is 2.32. The standard InChI is InChI=1S/C11H9Cl3N2O/c12-7-3-8(13)11(9(14)4-7)10(17)5-16-2-1-15-6-16/h1-4,6,10,17H,5H2. The molecule has 6 heteroatoms. The summed E-state index contributed by atoms with van der Waals surface area (Å²) in [6.07, 6.45) is 4.20. The minimum atomic E-state index is -0.804. The molecule has 1 atom stereocenters. The Morgan fingerprint density at radius 2 is 1.88 bits per heavy atom. The third kappa shape index (κ3) is 2.93. The summed E-state index contributed by atoms with van der Waals surface area (Å²) in [6.45, 7) is 0.334. The van der Waals surface area contributed by atoms with Gasteiger partial charge in [0.1, 0.15) is 0 Å². The number of halogens is 3. The number of aromatic nitrogens is 2. The van der Waals surface area contributed by atoms with Crippen molar-refractivity contribution < 1.29 is 5.11 Å². The monoisotopic (exact) mass is 290 g/mol. The molecule has 3 nitrogen and oxygen atoms in total. The molecule has 0 spiro atoms. The number of rotatable bonds is 3. The number of imidazole rings is 1. The average Bonchev–Trinajstić information content (AvgIpc) is 2.68. The highest BCUT2D eigenvalue weighted by Gasteiger charge is 2.16. The van der Waals surface area contributed by atoms with Gasteiger partial charge >= 0.3 is 0 Å². The third-order valence-corrected chi connectivity index (χ3v) is 3.16. The molecule has 0 aliphatic carbocycles. The molecule has 0 bridgehead atoms. The van der Waals surface area contributed by atoms with E-state index >= 15 is 0 Å². The minimum Gasteiger partial charge on any atom is -0.386 e. The first-order chi connectivity index (χ1) is 8.08. The Kier molecular flexibility index (Phi) is 3.94. The zero-order chi connectivity index (χ0) is 12.4. The SMILES string of the molecule is OC(Cn1ccnc1)c1c(Cl)cc(Cl)cc1Cl. The van der Waals surface area contributed by atoms with Crippen molar-refractivity contribution in [3.8, 4) is 0 Å². The molecule has 0 fully saturated rings. The maximum atomic E-state index is 10.1. The van der Waals surface area contributed by atoms with Gasteiger partial charge in [-0.2, -0.15) is 0 Å². The molecule has 1 N–H and O–H groups in total. The van der Waals surface area contributed by atoms with Crippen molar-refractivity contribution in [3.05, 3.63) is 51.5 Å². The maximum Gasteiger partial charge on any atom is 0.0998 e. The van der Waals surface area contributed by atoms with Crippen LogP contribution in [0.25, 0.3) is 0 Å².